The van der Waals surface area contributed by atoms with Crippen molar-refractivity contribution in [3.05, 3.63) is 68.9 Å². The van der Waals surface area contributed by atoms with Gasteiger partial charge in [-0.1, -0.05) is 24.3 Å². The van der Waals surface area contributed by atoms with Crippen LogP contribution in [0.3, 0.4) is 0 Å². The van der Waals surface area contributed by atoms with Crippen molar-refractivity contribution in [1.82, 2.24) is 14.0 Å². The molecule has 0 aliphatic carbocycles. The first-order chi connectivity index (χ1) is 15.0. The van der Waals surface area contributed by atoms with Gasteiger partial charge in [-0.3, -0.25) is 18.7 Å². The van der Waals surface area contributed by atoms with Gasteiger partial charge in [-0.25, -0.2) is 4.79 Å². The molecule has 31 heavy (non-hydrogen) atoms. The highest BCUT2D eigenvalue weighted by Crippen LogP contribution is 2.34. The number of amides is 1. The predicted molar refractivity (Wildman–Crippen MR) is 117 cm³/mol. The standard InChI is InChI=1S/C23H25N3O5/c1-3-24(14-16-8-7-11-19-21(16)31-13-12-30-19)20(27)15-26-18-10-6-5-9-17(18)22(28)25(4-2)23(26)29/h5-11H,3-4,12-15H2,1-2H3. The molecule has 8 heteroatoms. The van der Waals surface area contributed by atoms with Gasteiger partial charge in [0.25, 0.3) is 5.56 Å². The van der Waals surface area contributed by atoms with E-state index in [1.54, 1.807) is 36.1 Å². The molecule has 0 bridgehead atoms. The number of para-hydroxylation sites is 2. The van der Waals surface area contributed by atoms with E-state index in [0.717, 1.165) is 10.1 Å². The Morgan fingerprint density at radius 2 is 1.77 bits per heavy atom. The van der Waals surface area contributed by atoms with Gasteiger partial charge in [0.2, 0.25) is 5.91 Å². The van der Waals surface area contributed by atoms with E-state index in [0.29, 0.717) is 48.7 Å². The molecule has 0 spiro atoms. The minimum Gasteiger partial charge on any atom is -0.486 e. The molecule has 0 saturated heterocycles. The third kappa shape index (κ3) is 3.81. The lowest BCUT2D eigenvalue weighted by Gasteiger charge is -2.26. The smallest absolute Gasteiger partial charge is 0.331 e. The van der Waals surface area contributed by atoms with Gasteiger partial charge in [-0.05, 0) is 32.0 Å². The fraction of sp³-hybridized carbons (Fsp3) is 0.348. The van der Waals surface area contributed by atoms with E-state index >= 15 is 0 Å². The van der Waals surface area contributed by atoms with Crippen LogP contribution in [0.2, 0.25) is 0 Å². The largest absolute Gasteiger partial charge is 0.486 e. The van der Waals surface area contributed by atoms with Crippen molar-refractivity contribution in [1.29, 1.82) is 0 Å². The molecule has 2 aromatic carbocycles. The molecule has 162 valence electrons. The molecular weight excluding hydrogens is 398 g/mol. The van der Waals surface area contributed by atoms with Crippen molar-refractivity contribution in [2.24, 2.45) is 0 Å². The Morgan fingerprint density at radius 1 is 1.00 bits per heavy atom. The summed E-state index contributed by atoms with van der Waals surface area (Å²) in [6, 6.07) is 12.5. The summed E-state index contributed by atoms with van der Waals surface area (Å²) in [5.74, 6) is 1.11. The third-order valence-electron chi connectivity index (χ3n) is 5.49. The monoisotopic (exact) mass is 423 g/mol. The molecule has 0 radical (unpaired) electrons. The number of likely N-dealkylation sites (N-methyl/N-ethyl adjacent to an activating group) is 1. The fourth-order valence-corrected chi connectivity index (χ4v) is 3.88. The van der Waals surface area contributed by atoms with Crippen molar-refractivity contribution >= 4 is 16.8 Å². The molecule has 0 saturated carbocycles. The van der Waals surface area contributed by atoms with Gasteiger partial charge in [0.1, 0.15) is 19.8 Å². The van der Waals surface area contributed by atoms with Crippen LogP contribution in [-0.2, 0) is 24.4 Å². The second-order valence-corrected chi connectivity index (χ2v) is 7.28. The molecule has 0 fully saturated rings. The number of carbonyl (C=O) groups excluding carboxylic acids is 1. The van der Waals surface area contributed by atoms with Gasteiger partial charge in [0.05, 0.1) is 10.9 Å². The number of ether oxygens (including phenoxy) is 2. The lowest BCUT2D eigenvalue weighted by molar-refractivity contribution is -0.132. The van der Waals surface area contributed by atoms with Gasteiger partial charge < -0.3 is 14.4 Å². The Hall–Kier alpha value is -3.55. The van der Waals surface area contributed by atoms with Gasteiger partial charge in [0.15, 0.2) is 11.5 Å². The average molecular weight is 423 g/mol. The zero-order valence-electron chi connectivity index (χ0n) is 17.7. The number of hydrogen-bond acceptors (Lipinski definition) is 5. The quantitative estimate of drug-likeness (QED) is 0.606. The van der Waals surface area contributed by atoms with Crippen molar-refractivity contribution < 1.29 is 14.3 Å². The number of nitrogens with zero attached hydrogens (tertiary/aromatic N) is 3. The number of fused-ring (bicyclic) bond motifs is 2. The first-order valence-corrected chi connectivity index (χ1v) is 10.4. The predicted octanol–water partition coefficient (Wildman–Crippen LogP) is 2.00. The Morgan fingerprint density at radius 3 is 2.55 bits per heavy atom. The fourth-order valence-electron chi connectivity index (χ4n) is 3.88. The molecule has 0 atom stereocenters. The van der Waals surface area contributed by atoms with Crippen LogP contribution in [0.5, 0.6) is 11.5 Å². The van der Waals surface area contributed by atoms with E-state index in [2.05, 4.69) is 0 Å². The van der Waals surface area contributed by atoms with Gasteiger partial charge in [0, 0.05) is 25.2 Å². The summed E-state index contributed by atoms with van der Waals surface area (Å²) in [6.07, 6.45) is 0. The highest BCUT2D eigenvalue weighted by atomic mass is 16.6. The maximum absolute atomic E-state index is 13.2. The number of aromatic nitrogens is 2. The summed E-state index contributed by atoms with van der Waals surface area (Å²) in [5.41, 5.74) is 0.486. The highest BCUT2D eigenvalue weighted by Gasteiger charge is 2.21. The number of rotatable bonds is 6. The van der Waals surface area contributed by atoms with Crippen LogP contribution in [-0.4, -0.2) is 39.7 Å². The van der Waals surface area contributed by atoms with Crippen molar-refractivity contribution in [2.75, 3.05) is 19.8 Å². The Kier molecular flexibility index (Phi) is 5.79. The minimum absolute atomic E-state index is 0.153. The molecule has 3 aromatic rings. The summed E-state index contributed by atoms with van der Waals surface area (Å²) in [6.45, 7) is 5.47. The molecule has 1 aromatic heterocycles. The van der Waals surface area contributed by atoms with E-state index in [1.165, 1.54) is 4.57 Å². The number of benzene rings is 2. The lowest BCUT2D eigenvalue weighted by Crippen LogP contribution is -2.43. The second kappa shape index (κ2) is 8.67. The number of carbonyl (C=O) groups is 1. The Bertz CT molecular complexity index is 1240. The van der Waals surface area contributed by atoms with E-state index in [-0.39, 0.29) is 24.6 Å². The topological polar surface area (TPSA) is 82.8 Å². The van der Waals surface area contributed by atoms with Crippen LogP contribution in [0.15, 0.2) is 52.1 Å². The minimum atomic E-state index is -0.482. The zero-order chi connectivity index (χ0) is 22.0. The normalized spacial score (nSPS) is 12.7. The molecule has 0 unspecified atom stereocenters. The summed E-state index contributed by atoms with van der Waals surface area (Å²) >= 11 is 0. The second-order valence-electron chi connectivity index (χ2n) is 7.28. The van der Waals surface area contributed by atoms with Gasteiger partial charge in [-0.15, -0.1) is 0 Å². The SMILES string of the molecule is CCN(Cc1cccc2c1OCCO2)C(=O)Cn1c(=O)n(CC)c(=O)c2ccccc21. The van der Waals surface area contributed by atoms with Crippen molar-refractivity contribution in [3.8, 4) is 11.5 Å². The number of hydrogen-bond donors (Lipinski definition) is 0. The van der Waals surface area contributed by atoms with Crippen LogP contribution in [0.25, 0.3) is 10.9 Å². The van der Waals surface area contributed by atoms with Gasteiger partial charge in [-0.2, -0.15) is 0 Å². The van der Waals surface area contributed by atoms with E-state index in [9.17, 15) is 14.4 Å². The first-order valence-electron chi connectivity index (χ1n) is 10.4. The summed E-state index contributed by atoms with van der Waals surface area (Å²) < 4.78 is 13.9. The van der Waals surface area contributed by atoms with Crippen LogP contribution < -0.4 is 20.7 Å². The van der Waals surface area contributed by atoms with E-state index in [1.807, 2.05) is 25.1 Å². The Labute approximate surface area is 179 Å². The third-order valence-corrected chi connectivity index (χ3v) is 5.49. The summed E-state index contributed by atoms with van der Waals surface area (Å²) in [7, 11) is 0. The van der Waals surface area contributed by atoms with Crippen LogP contribution in [0.4, 0.5) is 0 Å². The van der Waals surface area contributed by atoms with Crippen molar-refractivity contribution in [3.63, 3.8) is 0 Å². The van der Waals surface area contributed by atoms with E-state index in [4.69, 9.17) is 9.47 Å². The molecule has 0 N–H and O–H groups in total. The summed E-state index contributed by atoms with van der Waals surface area (Å²) in [5, 5.41) is 0.419. The maximum atomic E-state index is 13.2. The molecule has 4 rings (SSSR count). The van der Waals surface area contributed by atoms with Crippen LogP contribution >= 0.6 is 0 Å². The molecule has 1 amide bonds. The van der Waals surface area contributed by atoms with Crippen LogP contribution in [0, 0.1) is 0 Å². The zero-order valence-corrected chi connectivity index (χ0v) is 17.7. The van der Waals surface area contributed by atoms with E-state index < -0.39 is 5.69 Å². The summed E-state index contributed by atoms with van der Waals surface area (Å²) in [4.78, 5) is 40.4. The van der Waals surface area contributed by atoms with Crippen LogP contribution in [0.1, 0.15) is 19.4 Å². The highest BCUT2D eigenvalue weighted by molar-refractivity contribution is 5.81. The van der Waals surface area contributed by atoms with Gasteiger partial charge >= 0.3 is 5.69 Å². The molecular formula is C23H25N3O5. The first kappa shape index (κ1) is 20.7. The Balaban J connectivity index is 1.67. The van der Waals surface area contributed by atoms with Crippen molar-refractivity contribution in [2.45, 2.75) is 33.5 Å². The molecule has 2 heterocycles. The molecule has 1 aliphatic rings. The molecule has 8 nitrogen and oxygen atoms in total. The lowest BCUT2D eigenvalue weighted by atomic mass is 10.1. The average Bonchev–Trinajstić information content (AvgIpc) is 2.80. The maximum Gasteiger partial charge on any atom is 0.331 e. The molecule has 1 aliphatic heterocycles.